The molecule has 4 heterocycles. The third kappa shape index (κ3) is 3.50. The van der Waals surface area contributed by atoms with E-state index in [9.17, 15) is 0 Å². The van der Waals surface area contributed by atoms with Crippen LogP contribution in [0.15, 0.2) is 29.9 Å². The molecule has 3 aromatic heterocycles. The van der Waals surface area contributed by atoms with Crippen molar-refractivity contribution in [3.8, 4) is 0 Å². The van der Waals surface area contributed by atoms with Gasteiger partial charge < -0.3 is 14.4 Å². The second-order valence-electron chi connectivity index (χ2n) is 5.31. The molecule has 8 heteroatoms. The van der Waals surface area contributed by atoms with Gasteiger partial charge >= 0.3 is 0 Å². The molecule has 0 saturated carbocycles. The Morgan fingerprint density at radius 3 is 3.13 bits per heavy atom. The van der Waals surface area contributed by atoms with E-state index in [0.29, 0.717) is 19.8 Å². The van der Waals surface area contributed by atoms with Crippen molar-refractivity contribution in [2.24, 2.45) is 0 Å². The number of nitrogens with zero attached hydrogens (tertiary/aromatic N) is 4. The summed E-state index contributed by atoms with van der Waals surface area (Å²) in [7, 11) is 0. The van der Waals surface area contributed by atoms with Gasteiger partial charge in [0.1, 0.15) is 10.3 Å². The maximum Gasteiger partial charge on any atom is 0.188 e. The summed E-state index contributed by atoms with van der Waals surface area (Å²) in [6.45, 7) is 3.46. The van der Waals surface area contributed by atoms with Crippen LogP contribution in [-0.2, 0) is 16.0 Å². The van der Waals surface area contributed by atoms with E-state index in [1.54, 1.807) is 17.5 Å². The van der Waals surface area contributed by atoms with Gasteiger partial charge in [0.2, 0.25) is 0 Å². The first kappa shape index (κ1) is 14.9. The predicted molar refractivity (Wildman–Crippen MR) is 91.1 cm³/mol. The molecule has 3 aromatic rings. The summed E-state index contributed by atoms with van der Waals surface area (Å²) in [5.41, 5.74) is 2.11. The van der Waals surface area contributed by atoms with Gasteiger partial charge in [0.05, 0.1) is 25.9 Å². The Morgan fingerprint density at radius 1 is 1.35 bits per heavy atom. The van der Waals surface area contributed by atoms with E-state index in [4.69, 9.17) is 14.5 Å². The molecule has 0 radical (unpaired) electrons. The zero-order chi connectivity index (χ0) is 15.5. The highest BCUT2D eigenvalue weighted by Crippen LogP contribution is 2.28. The maximum atomic E-state index is 5.80. The van der Waals surface area contributed by atoms with Crippen molar-refractivity contribution >= 4 is 38.3 Å². The minimum absolute atomic E-state index is 0.0651. The van der Waals surface area contributed by atoms with Gasteiger partial charge in [-0.1, -0.05) is 11.3 Å². The Balaban J connectivity index is 1.60. The molecule has 6 nitrogen and oxygen atoms in total. The lowest BCUT2D eigenvalue weighted by atomic mass is 10.3. The first-order valence-electron chi connectivity index (χ1n) is 7.42. The van der Waals surface area contributed by atoms with Crippen LogP contribution in [0.5, 0.6) is 0 Å². The number of pyridine rings is 1. The van der Waals surface area contributed by atoms with Gasteiger partial charge in [-0.3, -0.25) is 0 Å². The first-order valence-corrected chi connectivity index (χ1v) is 9.08. The summed E-state index contributed by atoms with van der Waals surface area (Å²) < 4.78 is 15.5. The Bertz CT molecular complexity index is 723. The monoisotopic (exact) mass is 348 g/mol. The number of hydrogen-bond donors (Lipinski definition) is 0. The molecule has 0 aromatic carbocycles. The zero-order valence-electron chi connectivity index (χ0n) is 12.4. The van der Waals surface area contributed by atoms with E-state index < -0.39 is 0 Å². The van der Waals surface area contributed by atoms with Crippen molar-refractivity contribution in [3.63, 3.8) is 0 Å². The van der Waals surface area contributed by atoms with Crippen LogP contribution in [0.4, 0.5) is 5.13 Å². The predicted octanol–water partition coefficient (Wildman–Crippen LogP) is 2.57. The molecular formula is C15H16N4O2S2. The standard InChI is InChI=1S/C15H16N4O2S2/c1-2-13-14(16-3-1)23-15(18-13)19(7-11-6-17-22-10-11)8-12-9-20-4-5-21-12/h1-3,6,10,12H,4-5,7-9H2/t12-/m0/s1. The Kier molecular flexibility index (Phi) is 4.47. The topological polar surface area (TPSA) is 60.4 Å². The summed E-state index contributed by atoms with van der Waals surface area (Å²) in [6.07, 6.45) is 3.77. The summed E-state index contributed by atoms with van der Waals surface area (Å²) in [4.78, 5) is 12.3. The van der Waals surface area contributed by atoms with Gasteiger partial charge in [-0.25, -0.2) is 14.3 Å². The van der Waals surface area contributed by atoms with Gasteiger partial charge in [-0.05, 0) is 23.7 Å². The van der Waals surface area contributed by atoms with Gasteiger partial charge in [-0.2, -0.15) is 0 Å². The second-order valence-corrected chi connectivity index (χ2v) is 6.92. The average molecular weight is 348 g/mol. The number of aromatic nitrogens is 3. The smallest absolute Gasteiger partial charge is 0.188 e. The minimum Gasteiger partial charge on any atom is -0.376 e. The van der Waals surface area contributed by atoms with Crippen LogP contribution in [-0.4, -0.2) is 46.8 Å². The summed E-state index contributed by atoms with van der Waals surface area (Å²) in [5.74, 6) is 0. The number of ether oxygens (including phenoxy) is 2. The summed E-state index contributed by atoms with van der Waals surface area (Å²) in [6, 6.07) is 3.91. The fraction of sp³-hybridized carbons (Fsp3) is 0.400. The number of hydrogen-bond acceptors (Lipinski definition) is 8. The summed E-state index contributed by atoms with van der Waals surface area (Å²) >= 11 is 3.07. The van der Waals surface area contributed by atoms with Gasteiger partial charge in [0.15, 0.2) is 5.13 Å². The lowest BCUT2D eigenvalue weighted by Gasteiger charge is -2.29. The zero-order valence-corrected chi connectivity index (χ0v) is 14.1. The highest BCUT2D eigenvalue weighted by Gasteiger charge is 2.21. The highest BCUT2D eigenvalue weighted by molar-refractivity contribution is 7.21. The van der Waals surface area contributed by atoms with Crippen molar-refractivity contribution in [1.82, 2.24) is 14.3 Å². The molecule has 1 fully saturated rings. The molecule has 0 amide bonds. The van der Waals surface area contributed by atoms with E-state index >= 15 is 0 Å². The van der Waals surface area contributed by atoms with E-state index in [-0.39, 0.29) is 6.10 Å². The molecule has 23 heavy (non-hydrogen) atoms. The lowest BCUT2D eigenvalue weighted by Crippen LogP contribution is -2.39. The molecule has 120 valence electrons. The fourth-order valence-corrected chi connectivity index (χ4v) is 3.96. The van der Waals surface area contributed by atoms with Crippen LogP contribution in [0.3, 0.4) is 0 Å². The van der Waals surface area contributed by atoms with Crippen LogP contribution < -0.4 is 4.90 Å². The molecule has 0 bridgehead atoms. The van der Waals surface area contributed by atoms with Crippen LogP contribution in [0.1, 0.15) is 5.56 Å². The van der Waals surface area contributed by atoms with Crippen LogP contribution in [0.2, 0.25) is 0 Å². The number of thiazole rings is 1. The molecule has 1 aliphatic heterocycles. The Labute approximate surface area is 141 Å². The molecule has 0 unspecified atom stereocenters. The maximum absolute atomic E-state index is 5.80. The Hall–Kier alpha value is -1.61. The molecule has 1 aliphatic rings. The van der Waals surface area contributed by atoms with E-state index in [1.807, 2.05) is 18.3 Å². The largest absolute Gasteiger partial charge is 0.376 e. The van der Waals surface area contributed by atoms with Crippen molar-refractivity contribution in [2.75, 3.05) is 31.3 Å². The van der Waals surface area contributed by atoms with E-state index in [1.165, 1.54) is 17.1 Å². The Morgan fingerprint density at radius 2 is 2.35 bits per heavy atom. The normalized spacial score (nSPS) is 18.3. The molecule has 0 spiro atoms. The SMILES string of the molecule is c1cnc2sc(N(Cc3cnsc3)C[C@H]3COCCO3)nc2c1. The van der Waals surface area contributed by atoms with E-state index in [0.717, 1.165) is 28.6 Å². The van der Waals surface area contributed by atoms with Crippen molar-refractivity contribution < 1.29 is 9.47 Å². The summed E-state index contributed by atoms with van der Waals surface area (Å²) in [5, 5.41) is 3.02. The molecule has 1 atom stereocenters. The molecule has 0 N–H and O–H groups in total. The van der Waals surface area contributed by atoms with Crippen LogP contribution in [0, 0.1) is 0 Å². The van der Waals surface area contributed by atoms with Gasteiger partial charge in [0.25, 0.3) is 0 Å². The second kappa shape index (κ2) is 6.88. The highest BCUT2D eigenvalue weighted by atomic mass is 32.1. The minimum atomic E-state index is 0.0651. The van der Waals surface area contributed by atoms with Crippen LogP contribution >= 0.6 is 22.9 Å². The molecule has 0 aliphatic carbocycles. The van der Waals surface area contributed by atoms with E-state index in [2.05, 4.69) is 19.6 Å². The average Bonchev–Trinajstić information content (AvgIpc) is 3.24. The van der Waals surface area contributed by atoms with Crippen molar-refractivity contribution in [1.29, 1.82) is 0 Å². The quantitative estimate of drug-likeness (QED) is 0.706. The number of anilines is 1. The third-order valence-corrected chi connectivity index (χ3v) is 5.27. The first-order chi connectivity index (χ1) is 11.4. The lowest BCUT2D eigenvalue weighted by molar-refractivity contribution is -0.0841. The van der Waals surface area contributed by atoms with Gasteiger partial charge in [0, 0.05) is 36.4 Å². The fourth-order valence-electron chi connectivity index (χ4n) is 2.52. The van der Waals surface area contributed by atoms with Crippen molar-refractivity contribution in [2.45, 2.75) is 12.6 Å². The van der Waals surface area contributed by atoms with Gasteiger partial charge in [-0.15, -0.1) is 0 Å². The molecular weight excluding hydrogens is 332 g/mol. The molecule has 4 rings (SSSR count). The third-order valence-electron chi connectivity index (χ3n) is 3.59. The van der Waals surface area contributed by atoms with Crippen molar-refractivity contribution in [3.05, 3.63) is 35.5 Å². The molecule has 1 saturated heterocycles. The number of rotatable bonds is 5. The number of fused-ring (bicyclic) bond motifs is 1. The van der Waals surface area contributed by atoms with Crippen LogP contribution in [0.25, 0.3) is 10.3 Å².